The molecular formula is C16H19Cl3O5. The van der Waals surface area contributed by atoms with Gasteiger partial charge in [0.25, 0.3) is 0 Å². The molecule has 0 saturated carbocycles. The molecule has 8 heteroatoms. The van der Waals surface area contributed by atoms with Crippen LogP contribution in [-0.4, -0.2) is 30.8 Å². The summed E-state index contributed by atoms with van der Waals surface area (Å²) in [4.78, 5) is 23.7. The van der Waals surface area contributed by atoms with Gasteiger partial charge < -0.3 is 14.2 Å². The molecule has 0 aliphatic rings. The van der Waals surface area contributed by atoms with E-state index in [0.29, 0.717) is 6.61 Å². The second-order valence-corrected chi connectivity index (χ2v) is 6.28. The van der Waals surface area contributed by atoms with Gasteiger partial charge in [0.15, 0.2) is 12.2 Å². The average molecular weight is 398 g/mol. The van der Waals surface area contributed by atoms with Crippen LogP contribution in [0, 0.1) is 0 Å². The van der Waals surface area contributed by atoms with E-state index in [9.17, 15) is 9.59 Å². The molecule has 1 rings (SSSR count). The van der Waals surface area contributed by atoms with Crippen molar-refractivity contribution < 1.29 is 23.8 Å². The number of hydrogen-bond acceptors (Lipinski definition) is 5. The fourth-order valence-corrected chi connectivity index (χ4v) is 2.17. The molecule has 0 N–H and O–H groups in total. The minimum absolute atomic E-state index is 0.189. The first-order chi connectivity index (χ1) is 11.3. The van der Waals surface area contributed by atoms with Crippen molar-refractivity contribution in [3.05, 3.63) is 27.2 Å². The minimum atomic E-state index is -1.02. The number of esters is 2. The third kappa shape index (κ3) is 6.38. The summed E-state index contributed by atoms with van der Waals surface area (Å²) in [6.45, 7) is 5.17. The van der Waals surface area contributed by atoms with Gasteiger partial charge in [0.2, 0.25) is 0 Å². The zero-order valence-electron chi connectivity index (χ0n) is 13.6. The van der Waals surface area contributed by atoms with Crippen LogP contribution in [0.5, 0.6) is 5.75 Å². The number of halogens is 3. The van der Waals surface area contributed by atoms with Crippen molar-refractivity contribution >= 4 is 46.7 Å². The molecule has 24 heavy (non-hydrogen) atoms. The van der Waals surface area contributed by atoms with Crippen LogP contribution in [0.2, 0.25) is 15.1 Å². The number of unbranched alkanes of at least 4 members (excludes halogenated alkanes) is 1. The molecule has 0 aliphatic heterocycles. The maximum absolute atomic E-state index is 12.0. The van der Waals surface area contributed by atoms with Gasteiger partial charge >= 0.3 is 11.9 Å². The molecule has 0 aliphatic carbocycles. The van der Waals surface area contributed by atoms with Gasteiger partial charge in [-0.1, -0.05) is 48.1 Å². The predicted octanol–water partition coefficient (Wildman–Crippen LogP) is 4.69. The first kappa shape index (κ1) is 20.9. The Morgan fingerprint density at radius 2 is 1.62 bits per heavy atom. The summed E-state index contributed by atoms with van der Waals surface area (Å²) in [6.07, 6.45) is -0.367. The van der Waals surface area contributed by atoms with E-state index >= 15 is 0 Å². The molecule has 0 radical (unpaired) electrons. The van der Waals surface area contributed by atoms with Gasteiger partial charge in [-0.2, -0.15) is 0 Å². The third-order valence-electron chi connectivity index (χ3n) is 2.98. The summed E-state index contributed by atoms with van der Waals surface area (Å²) in [6, 6.07) is 2.81. The van der Waals surface area contributed by atoms with E-state index in [2.05, 4.69) is 0 Å². The summed E-state index contributed by atoms with van der Waals surface area (Å²) < 4.78 is 15.4. The normalized spacial score (nSPS) is 13.1. The quantitative estimate of drug-likeness (QED) is 0.362. The predicted molar refractivity (Wildman–Crippen MR) is 93.0 cm³/mol. The van der Waals surface area contributed by atoms with E-state index in [1.165, 1.54) is 26.0 Å². The lowest BCUT2D eigenvalue weighted by molar-refractivity contribution is -0.170. The number of carbonyl (C=O) groups excluding carboxylic acids is 2. The highest BCUT2D eigenvalue weighted by Gasteiger charge is 2.25. The second kappa shape index (κ2) is 9.97. The molecule has 0 saturated heterocycles. The van der Waals surface area contributed by atoms with Crippen LogP contribution in [0.1, 0.15) is 33.6 Å². The Labute approximate surface area is 156 Å². The van der Waals surface area contributed by atoms with Crippen LogP contribution in [0.3, 0.4) is 0 Å². The summed E-state index contributed by atoms with van der Waals surface area (Å²) >= 11 is 17.7. The number of hydrogen-bond donors (Lipinski definition) is 0. The van der Waals surface area contributed by atoms with Gasteiger partial charge in [-0.15, -0.1) is 0 Å². The minimum Gasteiger partial charge on any atom is -0.477 e. The van der Waals surface area contributed by atoms with Crippen LogP contribution >= 0.6 is 34.8 Å². The number of carbonyl (C=O) groups is 2. The molecular weight excluding hydrogens is 379 g/mol. The zero-order valence-corrected chi connectivity index (χ0v) is 15.9. The fourth-order valence-electron chi connectivity index (χ4n) is 1.59. The van der Waals surface area contributed by atoms with Crippen LogP contribution in [0.15, 0.2) is 12.1 Å². The standard InChI is InChI=1S/C16H19Cl3O5/c1-4-5-6-22-15(20)9(2)24-16(21)10(3)23-14-8-12(18)11(17)7-13(14)19/h7-10H,4-6H2,1-3H3/t9-,10-/m1/s1. The monoisotopic (exact) mass is 396 g/mol. The molecule has 1 aromatic carbocycles. The van der Waals surface area contributed by atoms with Gasteiger partial charge in [-0.25, -0.2) is 9.59 Å². The topological polar surface area (TPSA) is 61.8 Å². The van der Waals surface area contributed by atoms with Gasteiger partial charge in [-0.3, -0.25) is 0 Å². The van der Waals surface area contributed by atoms with E-state index in [0.717, 1.165) is 12.8 Å². The molecule has 134 valence electrons. The first-order valence-electron chi connectivity index (χ1n) is 7.44. The number of ether oxygens (including phenoxy) is 3. The van der Waals surface area contributed by atoms with Crippen molar-refractivity contribution in [1.29, 1.82) is 0 Å². The molecule has 1 aromatic rings. The highest BCUT2D eigenvalue weighted by Crippen LogP contribution is 2.34. The molecule has 0 heterocycles. The lowest BCUT2D eigenvalue weighted by atomic mass is 10.3. The summed E-state index contributed by atoms with van der Waals surface area (Å²) in [5.41, 5.74) is 0. The van der Waals surface area contributed by atoms with Gasteiger partial charge in [0.1, 0.15) is 5.75 Å². The van der Waals surface area contributed by atoms with Crippen molar-refractivity contribution in [3.63, 3.8) is 0 Å². The molecule has 0 bridgehead atoms. The van der Waals surface area contributed by atoms with E-state index in [1.807, 2.05) is 6.92 Å². The van der Waals surface area contributed by atoms with E-state index < -0.39 is 24.1 Å². The Morgan fingerprint density at radius 1 is 1.00 bits per heavy atom. The zero-order chi connectivity index (χ0) is 18.3. The smallest absolute Gasteiger partial charge is 0.347 e. The van der Waals surface area contributed by atoms with E-state index in [4.69, 9.17) is 49.0 Å². The van der Waals surface area contributed by atoms with Crippen LogP contribution < -0.4 is 4.74 Å². The van der Waals surface area contributed by atoms with Crippen LogP contribution in [0.4, 0.5) is 0 Å². The van der Waals surface area contributed by atoms with Crippen molar-refractivity contribution in [2.75, 3.05) is 6.61 Å². The van der Waals surface area contributed by atoms with Gasteiger partial charge in [0, 0.05) is 6.07 Å². The number of rotatable bonds is 8. The summed E-state index contributed by atoms with van der Waals surface area (Å²) in [7, 11) is 0. The van der Waals surface area contributed by atoms with Crippen molar-refractivity contribution in [1.82, 2.24) is 0 Å². The Morgan fingerprint density at radius 3 is 2.25 bits per heavy atom. The largest absolute Gasteiger partial charge is 0.477 e. The van der Waals surface area contributed by atoms with E-state index in [-0.39, 0.29) is 20.8 Å². The maximum Gasteiger partial charge on any atom is 0.347 e. The third-order valence-corrected chi connectivity index (χ3v) is 4.00. The SMILES string of the molecule is CCCCOC(=O)[C@@H](C)OC(=O)[C@@H](C)Oc1cc(Cl)c(Cl)cc1Cl. The Balaban J connectivity index is 2.59. The summed E-state index contributed by atoms with van der Waals surface area (Å²) in [5, 5.41) is 0.716. The Kier molecular flexibility index (Phi) is 8.67. The Bertz CT molecular complexity index is 591. The van der Waals surface area contributed by atoms with Crippen molar-refractivity contribution in [2.45, 2.75) is 45.8 Å². The first-order valence-corrected chi connectivity index (χ1v) is 8.58. The second-order valence-electron chi connectivity index (χ2n) is 5.06. The highest BCUT2D eigenvalue weighted by atomic mass is 35.5. The number of benzene rings is 1. The van der Waals surface area contributed by atoms with E-state index in [1.54, 1.807) is 0 Å². The Hall–Kier alpha value is -1.17. The molecule has 0 unspecified atom stereocenters. The lowest BCUT2D eigenvalue weighted by Crippen LogP contribution is -2.33. The lowest BCUT2D eigenvalue weighted by Gasteiger charge is -2.18. The highest BCUT2D eigenvalue weighted by molar-refractivity contribution is 6.43. The average Bonchev–Trinajstić information content (AvgIpc) is 2.52. The molecule has 0 spiro atoms. The molecule has 2 atom stereocenters. The van der Waals surface area contributed by atoms with Crippen LogP contribution in [0.25, 0.3) is 0 Å². The molecule has 0 amide bonds. The van der Waals surface area contributed by atoms with Crippen molar-refractivity contribution in [2.24, 2.45) is 0 Å². The summed E-state index contributed by atoms with van der Waals surface area (Å²) in [5.74, 6) is -1.14. The molecule has 0 fully saturated rings. The van der Waals surface area contributed by atoms with Gasteiger partial charge in [-0.05, 0) is 26.3 Å². The van der Waals surface area contributed by atoms with Crippen molar-refractivity contribution in [3.8, 4) is 5.75 Å². The maximum atomic E-state index is 12.0. The fraction of sp³-hybridized carbons (Fsp3) is 0.500. The van der Waals surface area contributed by atoms with Gasteiger partial charge in [0.05, 0.1) is 21.7 Å². The van der Waals surface area contributed by atoms with Crippen LogP contribution in [-0.2, 0) is 19.1 Å². The molecule has 0 aromatic heterocycles. The molecule has 5 nitrogen and oxygen atoms in total.